The van der Waals surface area contributed by atoms with Gasteiger partial charge in [0.1, 0.15) is 12.8 Å². The Hall–Kier alpha value is -1.23. The second-order valence-electron chi connectivity index (χ2n) is 6.00. The largest absolute Gasteiger partial charge is 0.386 e. The lowest BCUT2D eigenvalue weighted by atomic mass is 10.0. The number of hydrogen-bond acceptors (Lipinski definition) is 5. The smallest absolute Gasteiger partial charge is 0.253 e. The van der Waals surface area contributed by atoms with Crippen LogP contribution in [0.1, 0.15) is 16.5 Å². The summed E-state index contributed by atoms with van der Waals surface area (Å²) < 4.78 is 38.0. The highest BCUT2D eigenvalue weighted by Gasteiger charge is 2.25. The van der Waals surface area contributed by atoms with Crippen molar-refractivity contribution in [2.75, 3.05) is 12.9 Å². The zero-order valence-corrected chi connectivity index (χ0v) is 17.9. The molecular weight excluding hydrogens is 450 g/mol. The number of halogens is 3. The molecule has 0 aliphatic rings. The SMILES string of the molecule is CS(=O)(=O)NCc1ccc(-c2ccc([C@@H](O)[C@@H](CF)NC(=O)C(Cl)Cl)cc2)s1. The molecule has 6 nitrogen and oxygen atoms in total. The summed E-state index contributed by atoms with van der Waals surface area (Å²) in [5.41, 5.74) is 1.27. The number of sulfonamides is 1. The predicted molar refractivity (Wildman–Crippen MR) is 110 cm³/mol. The third-order valence-corrected chi connectivity index (χ3v) is 5.98. The van der Waals surface area contributed by atoms with Gasteiger partial charge >= 0.3 is 0 Å². The minimum atomic E-state index is -3.27. The molecule has 0 spiro atoms. The molecule has 0 radical (unpaired) electrons. The molecule has 2 atom stereocenters. The molecule has 1 aromatic carbocycles. The van der Waals surface area contributed by atoms with Crippen molar-refractivity contribution >= 4 is 50.5 Å². The van der Waals surface area contributed by atoms with Gasteiger partial charge in [0.25, 0.3) is 5.91 Å². The van der Waals surface area contributed by atoms with Gasteiger partial charge in [0.15, 0.2) is 4.84 Å². The van der Waals surface area contributed by atoms with Crippen LogP contribution in [0.5, 0.6) is 0 Å². The quantitative estimate of drug-likeness (QED) is 0.493. The lowest BCUT2D eigenvalue weighted by Gasteiger charge is -2.22. The minimum Gasteiger partial charge on any atom is -0.386 e. The Morgan fingerprint density at radius 1 is 1.21 bits per heavy atom. The van der Waals surface area contributed by atoms with Crippen LogP contribution in [-0.2, 0) is 21.4 Å². The maximum atomic E-state index is 13.2. The lowest BCUT2D eigenvalue weighted by molar-refractivity contribution is -0.121. The molecule has 0 saturated heterocycles. The maximum Gasteiger partial charge on any atom is 0.253 e. The van der Waals surface area contributed by atoms with Gasteiger partial charge in [-0.2, -0.15) is 0 Å². The molecule has 2 aromatic rings. The fourth-order valence-electron chi connectivity index (χ4n) is 2.35. The van der Waals surface area contributed by atoms with Crippen molar-refractivity contribution in [2.45, 2.75) is 23.5 Å². The van der Waals surface area contributed by atoms with Crippen LogP contribution in [0.15, 0.2) is 36.4 Å². The van der Waals surface area contributed by atoms with Gasteiger partial charge in [-0.05, 0) is 23.3 Å². The number of nitrogens with one attached hydrogen (secondary N) is 2. The summed E-state index contributed by atoms with van der Waals surface area (Å²) in [6.07, 6.45) is -0.174. The van der Waals surface area contributed by atoms with Gasteiger partial charge in [0.05, 0.1) is 12.3 Å². The van der Waals surface area contributed by atoms with Crippen LogP contribution in [0, 0.1) is 0 Å². The van der Waals surface area contributed by atoms with Gasteiger partial charge in [-0.1, -0.05) is 47.5 Å². The molecule has 1 amide bonds. The summed E-state index contributed by atoms with van der Waals surface area (Å²) in [5.74, 6) is -0.782. The number of hydrogen-bond donors (Lipinski definition) is 3. The number of aliphatic hydroxyl groups excluding tert-OH is 1. The summed E-state index contributed by atoms with van der Waals surface area (Å²) in [6, 6.07) is 9.27. The van der Waals surface area contributed by atoms with Crippen molar-refractivity contribution in [3.63, 3.8) is 0 Å². The molecule has 0 fully saturated rings. The third kappa shape index (κ3) is 6.68. The average molecular weight is 469 g/mol. The van der Waals surface area contributed by atoms with Gasteiger partial charge in [-0.25, -0.2) is 17.5 Å². The van der Waals surface area contributed by atoms with Crippen LogP contribution in [0.25, 0.3) is 10.4 Å². The van der Waals surface area contributed by atoms with Gasteiger partial charge in [-0.3, -0.25) is 4.79 Å². The van der Waals surface area contributed by atoms with E-state index in [4.69, 9.17) is 23.2 Å². The number of carbonyl (C=O) groups is 1. The van der Waals surface area contributed by atoms with Crippen LogP contribution in [0.4, 0.5) is 4.39 Å². The fraction of sp³-hybridized carbons (Fsp3) is 0.353. The number of alkyl halides is 3. The van der Waals surface area contributed by atoms with Crippen molar-refractivity contribution in [2.24, 2.45) is 0 Å². The number of rotatable bonds is 9. The van der Waals surface area contributed by atoms with Gasteiger partial charge in [0.2, 0.25) is 10.0 Å². The number of thiophene rings is 1. The van der Waals surface area contributed by atoms with E-state index in [1.54, 1.807) is 24.3 Å². The number of amides is 1. The molecule has 154 valence electrons. The van der Waals surface area contributed by atoms with E-state index in [9.17, 15) is 22.7 Å². The summed E-state index contributed by atoms with van der Waals surface area (Å²) in [7, 11) is -3.27. The first-order valence-corrected chi connectivity index (χ1v) is 11.6. The second-order valence-corrected chi connectivity index (χ2v) is 10.1. The number of benzene rings is 1. The highest BCUT2D eigenvalue weighted by atomic mass is 35.5. The van der Waals surface area contributed by atoms with Crippen LogP contribution in [0.2, 0.25) is 0 Å². The molecule has 0 aliphatic carbocycles. The molecule has 0 bridgehead atoms. The van der Waals surface area contributed by atoms with E-state index >= 15 is 0 Å². The van der Waals surface area contributed by atoms with Gasteiger partial charge in [-0.15, -0.1) is 11.3 Å². The van der Waals surface area contributed by atoms with E-state index in [2.05, 4.69) is 10.0 Å². The Morgan fingerprint density at radius 2 is 1.86 bits per heavy atom. The summed E-state index contributed by atoms with van der Waals surface area (Å²) in [4.78, 5) is 11.9. The first kappa shape index (κ1) is 23.1. The zero-order valence-electron chi connectivity index (χ0n) is 14.7. The van der Waals surface area contributed by atoms with Crippen LogP contribution < -0.4 is 10.0 Å². The molecule has 28 heavy (non-hydrogen) atoms. The standard InChI is InChI=1S/C17H19Cl2FN2O4S2/c1-28(25,26)21-9-12-6-7-14(27-12)10-2-4-11(5-3-10)15(23)13(8-20)22-17(24)16(18)19/h2-7,13,15-16,21,23H,8-9H2,1H3,(H,22,24)/t13-,15-/m1/s1. The van der Waals surface area contributed by atoms with Crippen molar-refractivity contribution in [3.8, 4) is 10.4 Å². The Bertz CT molecular complexity index is 904. The Balaban J connectivity index is 2.08. The monoisotopic (exact) mass is 468 g/mol. The normalized spacial score (nSPS) is 14.1. The Kier molecular flexibility index (Phi) is 8.23. The summed E-state index contributed by atoms with van der Waals surface area (Å²) >= 11 is 12.3. The van der Waals surface area contributed by atoms with Crippen molar-refractivity contribution in [1.29, 1.82) is 0 Å². The van der Waals surface area contributed by atoms with Crippen molar-refractivity contribution in [3.05, 3.63) is 46.8 Å². The van der Waals surface area contributed by atoms with Gasteiger partial charge in [0, 0.05) is 16.3 Å². The van der Waals surface area contributed by atoms with E-state index in [0.717, 1.165) is 21.6 Å². The van der Waals surface area contributed by atoms with E-state index < -0.39 is 39.6 Å². The average Bonchev–Trinajstić information content (AvgIpc) is 3.12. The molecule has 0 unspecified atom stereocenters. The maximum absolute atomic E-state index is 13.2. The molecule has 0 aliphatic heterocycles. The van der Waals surface area contributed by atoms with Crippen LogP contribution in [-0.4, -0.2) is 43.2 Å². The fourth-order valence-corrected chi connectivity index (χ4v) is 3.94. The molecule has 1 aromatic heterocycles. The van der Waals surface area contributed by atoms with Crippen molar-refractivity contribution in [1.82, 2.24) is 10.0 Å². The van der Waals surface area contributed by atoms with Gasteiger partial charge < -0.3 is 10.4 Å². The first-order chi connectivity index (χ1) is 13.1. The number of aliphatic hydroxyl groups is 1. The molecule has 3 N–H and O–H groups in total. The highest BCUT2D eigenvalue weighted by Crippen LogP contribution is 2.29. The molecule has 11 heteroatoms. The van der Waals surface area contributed by atoms with E-state index in [1.165, 1.54) is 11.3 Å². The molecular formula is C17H19Cl2FN2O4S2. The third-order valence-electron chi connectivity index (χ3n) is 3.78. The topological polar surface area (TPSA) is 95.5 Å². The molecule has 1 heterocycles. The second kappa shape index (κ2) is 10.00. The zero-order chi connectivity index (χ0) is 20.9. The molecule has 2 rings (SSSR count). The summed E-state index contributed by atoms with van der Waals surface area (Å²) in [6.45, 7) is -0.781. The first-order valence-electron chi connectivity index (χ1n) is 8.07. The minimum absolute atomic E-state index is 0.209. The Labute approximate surface area is 176 Å². The van der Waals surface area contributed by atoms with Crippen molar-refractivity contribution < 1.29 is 22.7 Å². The molecule has 0 saturated carbocycles. The van der Waals surface area contributed by atoms with E-state index in [-0.39, 0.29) is 6.54 Å². The lowest BCUT2D eigenvalue weighted by Crippen LogP contribution is -2.43. The van der Waals surface area contributed by atoms with Crippen LogP contribution >= 0.6 is 34.5 Å². The summed E-state index contributed by atoms with van der Waals surface area (Å²) in [5, 5.41) is 12.6. The van der Waals surface area contributed by atoms with E-state index in [0.29, 0.717) is 5.56 Å². The van der Waals surface area contributed by atoms with Crippen LogP contribution in [0.3, 0.4) is 0 Å². The van der Waals surface area contributed by atoms with E-state index in [1.807, 2.05) is 12.1 Å². The Morgan fingerprint density at radius 3 is 2.39 bits per heavy atom. The predicted octanol–water partition coefficient (Wildman–Crippen LogP) is 2.76. The number of carbonyl (C=O) groups excluding carboxylic acids is 1. The highest BCUT2D eigenvalue weighted by molar-refractivity contribution is 7.88.